The molecule has 0 amide bonds. The van der Waals surface area contributed by atoms with E-state index in [0.29, 0.717) is 6.04 Å². The fourth-order valence-electron chi connectivity index (χ4n) is 2.69. The first-order valence-corrected chi connectivity index (χ1v) is 7.92. The summed E-state index contributed by atoms with van der Waals surface area (Å²) in [7, 11) is 6.16. The number of likely N-dealkylation sites (N-methyl/N-ethyl adjacent to an activating group) is 2. The van der Waals surface area contributed by atoms with Crippen molar-refractivity contribution < 1.29 is 4.42 Å². The van der Waals surface area contributed by atoms with Crippen molar-refractivity contribution in [2.45, 2.75) is 25.9 Å². The summed E-state index contributed by atoms with van der Waals surface area (Å²) in [5.41, 5.74) is 0. The average Bonchev–Trinajstić information content (AvgIpc) is 2.93. The highest BCUT2D eigenvalue weighted by Gasteiger charge is 2.22. The fourth-order valence-corrected chi connectivity index (χ4v) is 2.69. The number of aliphatic imine (C=N–C) groups is 1. The lowest BCUT2D eigenvalue weighted by molar-refractivity contribution is 0.116. The van der Waals surface area contributed by atoms with Crippen molar-refractivity contribution in [3.63, 3.8) is 0 Å². The highest BCUT2D eigenvalue weighted by molar-refractivity contribution is 5.80. The second-order valence-electron chi connectivity index (χ2n) is 6.16. The monoisotopic (exact) mass is 307 g/mol. The van der Waals surface area contributed by atoms with Gasteiger partial charge < -0.3 is 20.0 Å². The molecule has 6 heteroatoms. The molecule has 1 aliphatic rings. The van der Waals surface area contributed by atoms with Crippen LogP contribution < -0.4 is 10.6 Å². The number of hydrogen-bond donors (Lipinski definition) is 2. The predicted octanol–water partition coefficient (Wildman–Crippen LogP) is 1.06. The molecule has 1 aromatic heterocycles. The third-order valence-corrected chi connectivity index (χ3v) is 4.25. The number of nitrogens with one attached hydrogen (secondary N) is 2. The summed E-state index contributed by atoms with van der Waals surface area (Å²) in [4.78, 5) is 9.08. The van der Waals surface area contributed by atoms with Crippen molar-refractivity contribution in [3.8, 4) is 0 Å². The third-order valence-electron chi connectivity index (χ3n) is 4.25. The Kier molecular flexibility index (Phi) is 5.85. The smallest absolute Gasteiger partial charge is 0.191 e. The van der Waals surface area contributed by atoms with Crippen LogP contribution in [0.3, 0.4) is 0 Å². The molecule has 2 rings (SSSR count). The second-order valence-corrected chi connectivity index (χ2v) is 6.16. The van der Waals surface area contributed by atoms with E-state index in [0.717, 1.165) is 43.7 Å². The summed E-state index contributed by atoms with van der Waals surface area (Å²) < 4.78 is 5.66. The Hall–Kier alpha value is -1.53. The van der Waals surface area contributed by atoms with Gasteiger partial charge in [-0.3, -0.25) is 9.89 Å². The zero-order valence-electron chi connectivity index (χ0n) is 14.4. The summed E-state index contributed by atoms with van der Waals surface area (Å²) in [6.45, 7) is 8.23. The first-order chi connectivity index (χ1) is 10.5. The normalized spacial score (nSPS) is 22.6. The SMILES string of the molecule is CN=C(NCC1CN(C)CCN1C)NC(C)c1ccc(C)o1. The minimum absolute atomic E-state index is 0.0895. The molecule has 2 heterocycles. The molecule has 0 saturated carbocycles. The molecule has 2 N–H and O–H groups in total. The topological polar surface area (TPSA) is 56.0 Å². The lowest BCUT2D eigenvalue weighted by Gasteiger charge is -2.38. The largest absolute Gasteiger partial charge is 0.464 e. The molecular formula is C16H29N5O. The Morgan fingerprint density at radius 3 is 2.82 bits per heavy atom. The summed E-state index contributed by atoms with van der Waals surface area (Å²) in [5, 5.41) is 6.80. The number of rotatable bonds is 4. The number of furan rings is 1. The van der Waals surface area contributed by atoms with E-state index >= 15 is 0 Å². The van der Waals surface area contributed by atoms with Gasteiger partial charge in [0.05, 0.1) is 6.04 Å². The maximum absolute atomic E-state index is 5.66. The van der Waals surface area contributed by atoms with E-state index in [1.807, 2.05) is 19.1 Å². The maximum atomic E-state index is 5.66. The molecule has 2 atom stereocenters. The van der Waals surface area contributed by atoms with Gasteiger partial charge >= 0.3 is 0 Å². The van der Waals surface area contributed by atoms with Crippen molar-refractivity contribution in [2.75, 3.05) is 47.3 Å². The Morgan fingerprint density at radius 2 is 2.18 bits per heavy atom. The van der Waals surface area contributed by atoms with Gasteiger partial charge in [-0.15, -0.1) is 0 Å². The van der Waals surface area contributed by atoms with Gasteiger partial charge in [-0.1, -0.05) is 0 Å². The summed E-state index contributed by atoms with van der Waals surface area (Å²) in [5.74, 6) is 2.66. The maximum Gasteiger partial charge on any atom is 0.191 e. The van der Waals surface area contributed by atoms with Gasteiger partial charge in [0.1, 0.15) is 11.5 Å². The molecule has 22 heavy (non-hydrogen) atoms. The van der Waals surface area contributed by atoms with E-state index in [-0.39, 0.29) is 6.04 Å². The molecule has 2 unspecified atom stereocenters. The Balaban J connectivity index is 1.84. The van der Waals surface area contributed by atoms with Gasteiger partial charge in [0, 0.05) is 39.3 Å². The van der Waals surface area contributed by atoms with E-state index in [9.17, 15) is 0 Å². The van der Waals surface area contributed by atoms with Gasteiger partial charge in [-0.2, -0.15) is 0 Å². The summed E-state index contributed by atoms with van der Waals surface area (Å²) in [6.07, 6.45) is 0. The predicted molar refractivity (Wildman–Crippen MR) is 90.3 cm³/mol. The first-order valence-electron chi connectivity index (χ1n) is 7.92. The van der Waals surface area contributed by atoms with E-state index in [1.54, 1.807) is 7.05 Å². The van der Waals surface area contributed by atoms with E-state index in [4.69, 9.17) is 4.42 Å². The zero-order chi connectivity index (χ0) is 16.1. The fraction of sp³-hybridized carbons (Fsp3) is 0.688. The van der Waals surface area contributed by atoms with Crippen LogP contribution in [0.4, 0.5) is 0 Å². The molecule has 0 spiro atoms. The lowest BCUT2D eigenvalue weighted by atomic mass is 10.2. The second kappa shape index (κ2) is 7.65. The van der Waals surface area contributed by atoms with Crippen LogP contribution >= 0.6 is 0 Å². The Labute approximate surface area is 133 Å². The lowest BCUT2D eigenvalue weighted by Crippen LogP contribution is -2.55. The van der Waals surface area contributed by atoms with E-state index in [2.05, 4.69) is 46.4 Å². The van der Waals surface area contributed by atoms with Gasteiger partial charge in [0.25, 0.3) is 0 Å². The van der Waals surface area contributed by atoms with Crippen molar-refractivity contribution in [1.29, 1.82) is 0 Å². The number of guanidine groups is 1. The van der Waals surface area contributed by atoms with Crippen molar-refractivity contribution in [1.82, 2.24) is 20.4 Å². The minimum Gasteiger partial charge on any atom is -0.464 e. The number of hydrogen-bond acceptors (Lipinski definition) is 4. The van der Waals surface area contributed by atoms with Crippen LogP contribution in [0.1, 0.15) is 24.5 Å². The molecule has 124 valence electrons. The van der Waals surface area contributed by atoms with Crippen molar-refractivity contribution in [3.05, 3.63) is 23.7 Å². The van der Waals surface area contributed by atoms with Crippen LogP contribution in [0.2, 0.25) is 0 Å². The first kappa shape index (κ1) is 16.8. The number of aryl methyl sites for hydroxylation is 1. The molecule has 1 fully saturated rings. The highest BCUT2D eigenvalue weighted by Crippen LogP contribution is 2.15. The van der Waals surface area contributed by atoms with Crippen molar-refractivity contribution in [2.24, 2.45) is 4.99 Å². The van der Waals surface area contributed by atoms with E-state index in [1.165, 1.54) is 0 Å². The van der Waals surface area contributed by atoms with Crippen LogP contribution in [0.5, 0.6) is 0 Å². The van der Waals surface area contributed by atoms with Gasteiger partial charge in [-0.25, -0.2) is 0 Å². The Bertz CT molecular complexity index is 498. The Morgan fingerprint density at radius 1 is 1.41 bits per heavy atom. The van der Waals surface area contributed by atoms with Crippen LogP contribution in [-0.2, 0) is 0 Å². The molecule has 1 aromatic rings. The van der Waals surface area contributed by atoms with Crippen molar-refractivity contribution >= 4 is 5.96 Å². The highest BCUT2D eigenvalue weighted by atomic mass is 16.3. The zero-order valence-corrected chi connectivity index (χ0v) is 14.4. The van der Waals surface area contributed by atoms with Crippen LogP contribution in [0.15, 0.2) is 21.5 Å². The molecule has 0 aliphatic carbocycles. The summed E-state index contributed by atoms with van der Waals surface area (Å²) in [6, 6.07) is 4.57. The molecule has 1 aliphatic heterocycles. The molecular weight excluding hydrogens is 278 g/mol. The van der Waals surface area contributed by atoms with Gasteiger partial charge in [-0.05, 0) is 40.1 Å². The molecule has 6 nitrogen and oxygen atoms in total. The molecule has 1 saturated heterocycles. The average molecular weight is 307 g/mol. The van der Waals surface area contributed by atoms with Gasteiger partial charge in [0.2, 0.25) is 0 Å². The number of nitrogens with zero attached hydrogens (tertiary/aromatic N) is 3. The standard InChI is InChI=1S/C16H29N5O/c1-12-6-7-15(22-12)13(2)19-16(17-3)18-10-14-11-20(4)8-9-21(14)5/h6-7,13-14H,8-11H2,1-5H3,(H2,17,18,19). The van der Waals surface area contributed by atoms with E-state index < -0.39 is 0 Å². The third kappa shape index (κ3) is 4.48. The number of piperazine rings is 1. The molecule has 0 aromatic carbocycles. The quantitative estimate of drug-likeness (QED) is 0.643. The van der Waals surface area contributed by atoms with Crippen LogP contribution in [0.25, 0.3) is 0 Å². The van der Waals surface area contributed by atoms with Crippen LogP contribution in [0, 0.1) is 6.92 Å². The van der Waals surface area contributed by atoms with Gasteiger partial charge in [0.15, 0.2) is 5.96 Å². The van der Waals surface area contributed by atoms with Crippen LogP contribution in [-0.4, -0.2) is 69.1 Å². The molecule has 0 radical (unpaired) electrons. The minimum atomic E-state index is 0.0895. The summed E-state index contributed by atoms with van der Waals surface area (Å²) >= 11 is 0. The molecule has 0 bridgehead atoms.